The molecule has 0 fully saturated rings. The first kappa shape index (κ1) is 22.3. The third kappa shape index (κ3) is 4.66. The van der Waals surface area contributed by atoms with Gasteiger partial charge in [-0.2, -0.15) is 0 Å². The maximum absolute atomic E-state index is 13.4. The Bertz CT molecular complexity index is 1280. The fraction of sp³-hybridized carbons (Fsp3) is 0.154. The predicted octanol–water partition coefficient (Wildman–Crippen LogP) is 5.27. The SMILES string of the molecule is COc1ccc2c(c1)c(CC(=O)[Se]Cc1ccccc1)c(C)n2C(=O)c1ccc(Cl)cc1. The van der Waals surface area contributed by atoms with Gasteiger partial charge >= 0.3 is 199 Å². The molecule has 0 amide bonds. The zero-order chi connectivity index (χ0) is 22.7. The van der Waals surface area contributed by atoms with Gasteiger partial charge in [-0.15, -0.1) is 0 Å². The van der Waals surface area contributed by atoms with Gasteiger partial charge in [0.25, 0.3) is 0 Å². The second kappa shape index (κ2) is 9.74. The van der Waals surface area contributed by atoms with Crippen molar-refractivity contribution in [3.05, 3.63) is 100 Å². The molecule has 0 unspecified atom stereocenters. The Labute approximate surface area is 198 Å². The van der Waals surface area contributed by atoms with Gasteiger partial charge in [-0.05, 0) is 0 Å². The van der Waals surface area contributed by atoms with Gasteiger partial charge in [0.05, 0.1) is 0 Å². The van der Waals surface area contributed by atoms with Crippen molar-refractivity contribution in [1.82, 2.24) is 4.57 Å². The second-order valence-corrected chi connectivity index (χ2v) is 10.0. The number of aromatic nitrogens is 1. The van der Waals surface area contributed by atoms with Crippen molar-refractivity contribution >= 4 is 48.0 Å². The van der Waals surface area contributed by atoms with Crippen molar-refractivity contribution < 1.29 is 14.3 Å². The summed E-state index contributed by atoms with van der Waals surface area (Å²) in [5.41, 5.74) is 4.12. The van der Waals surface area contributed by atoms with Gasteiger partial charge in [-0.1, -0.05) is 0 Å². The summed E-state index contributed by atoms with van der Waals surface area (Å²) in [4.78, 5) is 26.3. The van der Waals surface area contributed by atoms with E-state index in [9.17, 15) is 9.59 Å². The van der Waals surface area contributed by atoms with E-state index < -0.39 is 0 Å². The Morgan fingerprint density at radius 1 is 1.00 bits per heavy atom. The minimum absolute atomic E-state index is 0.150. The molecule has 0 aliphatic heterocycles. The quantitative estimate of drug-likeness (QED) is 0.318. The van der Waals surface area contributed by atoms with E-state index in [1.165, 1.54) is 5.56 Å². The van der Waals surface area contributed by atoms with Gasteiger partial charge in [-0.25, -0.2) is 0 Å². The molecule has 0 bridgehead atoms. The Balaban J connectivity index is 1.69. The molecular formula is C26H22ClNO3Se. The number of hydrogen-bond donors (Lipinski definition) is 0. The molecule has 4 aromatic rings. The standard InChI is InChI=1S/C26H22ClNO3Se/c1-17-22(15-25(29)32-16-18-6-4-3-5-7-18)23-14-21(31-2)12-13-24(23)28(17)26(30)19-8-10-20(27)11-9-19/h3-14H,15-16H2,1-2H3. The fourth-order valence-electron chi connectivity index (χ4n) is 3.73. The molecule has 0 radical (unpaired) electrons. The van der Waals surface area contributed by atoms with E-state index in [4.69, 9.17) is 16.3 Å². The second-order valence-electron chi connectivity index (χ2n) is 7.42. The molecule has 4 nitrogen and oxygen atoms in total. The van der Waals surface area contributed by atoms with Gasteiger partial charge < -0.3 is 0 Å². The Morgan fingerprint density at radius 3 is 2.41 bits per heavy atom. The topological polar surface area (TPSA) is 48.3 Å². The molecule has 162 valence electrons. The van der Waals surface area contributed by atoms with Crippen molar-refractivity contribution in [2.45, 2.75) is 18.7 Å². The fourth-order valence-corrected chi connectivity index (χ4v) is 5.46. The number of nitrogens with zero attached hydrogens (tertiary/aromatic N) is 1. The Hall–Kier alpha value is -2.85. The summed E-state index contributed by atoms with van der Waals surface area (Å²) in [5.74, 6) is 0.542. The van der Waals surface area contributed by atoms with Crippen LogP contribution in [0.5, 0.6) is 5.75 Å². The van der Waals surface area contributed by atoms with E-state index in [-0.39, 0.29) is 25.5 Å². The summed E-state index contributed by atoms with van der Waals surface area (Å²) in [6.07, 6.45) is 0.295. The van der Waals surface area contributed by atoms with E-state index in [2.05, 4.69) is 0 Å². The van der Waals surface area contributed by atoms with Crippen LogP contribution in [0.4, 0.5) is 0 Å². The number of ether oxygens (including phenoxy) is 1. The molecule has 0 aliphatic carbocycles. The average molecular weight is 511 g/mol. The number of rotatable bonds is 7. The number of carbonyl (C=O) groups is 2. The molecule has 32 heavy (non-hydrogen) atoms. The number of fused-ring (bicyclic) bond motifs is 1. The zero-order valence-electron chi connectivity index (χ0n) is 17.8. The van der Waals surface area contributed by atoms with Crippen molar-refractivity contribution in [2.75, 3.05) is 7.11 Å². The van der Waals surface area contributed by atoms with E-state index in [0.29, 0.717) is 22.8 Å². The number of methoxy groups -OCH3 is 1. The molecular weight excluding hydrogens is 489 g/mol. The van der Waals surface area contributed by atoms with E-state index in [1.54, 1.807) is 35.9 Å². The van der Waals surface area contributed by atoms with Crippen molar-refractivity contribution in [2.24, 2.45) is 0 Å². The van der Waals surface area contributed by atoms with Gasteiger partial charge in [0.15, 0.2) is 0 Å². The van der Waals surface area contributed by atoms with Crippen LogP contribution in [0.1, 0.15) is 27.2 Å². The summed E-state index contributed by atoms with van der Waals surface area (Å²) in [6.45, 7) is 1.90. The molecule has 6 heteroatoms. The Kier molecular flexibility index (Phi) is 6.80. The normalized spacial score (nSPS) is 11.0. The van der Waals surface area contributed by atoms with Crippen LogP contribution in [0.25, 0.3) is 10.9 Å². The predicted molar refractivity (Wildman–Crippen MR) is 129 cm³/mol. The molecule has 0 N–H and O–H groups in total. The van der Waals surface area contributed by atoms with Crippen LogP contribution in [0, 0.1) is 6.92 Å². The number of benzene rings is 3. The van der Waals surface area contributed by atoms with Crippen LogP contribution in [-0.4, -0.2) is 37.2 Å². The average Bonchev–Trinajstić information content (AvgIpc) is 3.08. The first-order chi connectivity index (χ1) is 15.5. The number of hydrogen-bond acceptors (Lipinski definition) is 3. The minimum atomic E-state index is -0.179. The molecule has 3 aromatic carbocycles. The van der Waals surface area contributed by atoms with Gasteiger partial charge in [0.1, 0.15) is 0 Å². The van der Waals surface area contributed by atoms with E-state index in [0.717, 1.165) is 27.5 Å². The number of carbonyl (C=O) groups excluding carboxylic acids is 2. The summed E-state index contributed by atoms with van der Waals surface area (Å²) >= 11 is 5.81. The maximum atomic E-state index is 13.4. The van der Waals surface area contributed by atoms with Crippen molar-refractivity contribution in [3.63, 3.8) is 0 Å². The molecule has 1 heterocycles. The van der Waals surface area contributed by atoms with Crippen LogP contribution in [0.3, 0.4) is 0 Å². The molecule has 0 saturated heterocycles. The van der Waals surface area contributed by atoms with Gasteiger partial charge in [0, 0.05) is 0 Å². The van der Waals surface area contributed by atoms with Crippen molar-refractivity contribution in [3.8, 4) is 5.75 Å². The third-order valence-corrected chi connectivity index (χ3v) is 7.63. The van der Waals surface area contributed by atoms with E-state index >= 15 is 0 Å². The molecule has 4 rings (SSSR count). The monoisotopic (exact) mass is 511 g/mol. The first-order valence-electron chi connectivity index (χ1n) is 10.2. The Morgan fingerprint density at radius 2 is 1.72 bits per heavy atom. The molecule has 0 atom stereocenters. The van der Waals surface area contributed by atoms with Crippen LogP contribution in [0.2, 0.25) is 5.02 Å². The molecule has 1 aromatic heterocycles. The summed E-state index contributed by atoms with van der Waals surface area (Å²) in [6, 6.07) is 22.5. The van der Waals surface area contributed by atoms with E-state index in [1.807, 2.05) is 55.5 Å². The molecule has 0 saturated carbocycles. The van der Waals surface area contributed by atoms with Crippen LogP contribution < -0.4 is 4.74 Å². The van der Waals surface area contributed by atoms with Gasteiger partial charge in [0.2, 0.25) is 0 Å². The molecule has 0 aliphatic rings. The van der Waals surface area contributed by atoms with Crippen LogP contribution in [0.15, 0.2) is 72.8 Å². The summed E-state index contributed by atoms with van der Waals surface area (Å²) in [5, 5.41) is 2.21. The summed E-state index contributed by atoms with van der Waals surface area (Å²) in [7, 11) is 1.61. The first-order valence-corrected chi connectivity index (χ1v) is 12.6. The number of halogens is 1. The zero-order valence-corrected chi connectivity index (χ0v) is 20.3. The van der Waals surface area contributed by atoms with Crippen LogP contribution in [-0.2, 0) is 16.5 Å². The molecule has 0 spiro atoms. The van der Waals surface area contributed by atoms with Gasteiger partial charge in [-0.3, -0.25) is 0 Å². The van der Waals surface area contributed by atoms with Crippen LogP contribution >= 0.6 is 11.6 Å². The third-order valence-electron chi connectivity index (χ3n) is 5.40. The summed E-state index contributed by atoms with van der Waals surface area (Å²) < 4.78 is 7.29. The van der Waals surface area contributed by atoms with Crippen molar-refractivity contribution in [1.29, 1.82) is 0 Å².